The fourth-order valence-corrected chi connectivity index (χ4v) is 12.3. The number of methoxy groups -OCH3 is 1. The Hall–Kier alpha value is -4.10. The fraction of sp³-hybridized carbons (Fsp3) is 0.821. The van der Waals surface area contributed by atoms with E-state index in [1.165, 1.54) is 71.3 Å². The minimum absolute atomic E-state index is 0.0229. The largest absolute Gasteiger partial charge is 0.459 e. The first kappa shape index (κ1) is 64.7. The maximum atomic E-state index is 14.8. The molecule has 444 valence electrons. The normalized spacial score (nSPS) is 38.2. The number of aliphatic hydroxyl groups is 3. The van der Waals surface area contributed by atoms with Crippen molar-refractivity contribution in [2.24, 2.45) is 34.7 Å². The van der Waals surface area contributed by atoms with Gasteiger partial charge in [0.05, 0.1) is 58.7 Å². The van der Waals surface area contributed by atoms with Gasteiger partial charge in [0.25, 0.3) is 5.69 Å². The maximum Gasteiger partial charge on any atom is 0.422 e. The Bertz CT molecular complexity index is 2140. The molecule has 1 aromatic carbocycles. The minimum Gasteiger partial charge on any atom is -0.459 e. The standard InChI is InChI=1S/C56H93N5O17/c1-15-43-56(11,67)48(63)34(4)45(59-71-26-20-24-39-21-17-16-18-22-39)32(2)29-54(9,66)49(35(5)46(36(6)51(64)75-43)76-44-30-55(10,70-14)50(37(7)73-44)74-38(8)62)78-52-47(42(60(12)13)27-33(3)72-52)77-53(65)58-57-31-40-23-19-25-41(28-40)61(68)69/h19,23,25,28,32-37,39,42-44,46-50,52,57,63,66-67H,15-18,20-22,24,26-27,29-31H2,1-14H3,(H,58,65)/b59-45+/t32-,33-,34-,35+,36-,37+,42+,43+,44+,46+,47-,48-,49-,50+,52+,54?,55-,56-/m1/s1. The highest BCUT2D eigenvalue weighted by atomic mass is 16.7. The Kier molecular flexibility index (Phi) is 23.7. The number of nitrogens with one attached hydrogen (secondary N) is 2. The Labute approximate surface area is 461 Å². The summed E-state index contributed by atoms with van der Waals surface area (Å²) in [6.45, 7) is 18.6. The molecule has 1 aliphatic carbocycles. The molecule has 78 heavy (non-hydrogen) atoms. The summed E-state index contributed by atoms with van der Waals surface area (Å²) in [5.74, 6) is -4.38. The molecule has 0 spiro atoms. The minimum atomic E-state index is -2.00. The number of aliphatic hydroxyl groups excluding tert-OH is 1. The summed E-state index contributed by atoms with van der Waals surface area (Å²) in [5.41, 5.74) is 1.05. The lowest BCUT2D eigenvalue weighted by atomic mass is 9.73. The van der Waals surface area contributed by atoms with E-state index in [0.717, 1.165) is 12.8 Å². The van der Waals surface area contributed by atoms with Crippen LogP contribution in [0.4, 0.5) is 10.5 Å². The number of likely N-dealkylation sites (N-methyl/N-ethyl adjacent to an activating group) is 1. The quantitative estimate of drug-likeness (QED) is 0.0330. The van der Waals surface area contributed by atoms with E-state index in [4.69, 9.17) is 42.7 Å². The van der Waals surface area contributed by atoms with Crippen LogP contribution < -0.4 is 10.9 Å². The van der Waals surface area contributed by atoms with Crippen LogP contribution in [0, 0.1) is 39.7 Å². The summed E-state index contributed by atoms with van der Waals surface area (Å²) in [6, 6.07) is 5.45. The molecular formula is C56H93N5O17. The van der Waals surface area contributed by atoms with Crippen molar-refractivity contribution >= 4 is 29.4 Å². The number of oxime groups is 1. The number of carbonyl (C=O) groups excluding carboxylic acids is 3. The highest BCUT2D eigenvalue weighted by Crippen LogP contribution is 2.42. The third-order valence-electron chi connectivity index (χ3n) is 16.7. The molecule has 4 aliphatic rings. The second-order valence-corrected chi connectivity index (χ2v) is 23.4. The van der Waals surface area contributed by atoms with E-state index in [2.05, 4.69) is 16.0 Å². The van der Waals surface area contributed by atoms with Gasteiger partial charge in [0.1, 0.15) is 23.9 Å². The zero-order valence-corrected chi connectivity index (χ0v) is 48.6. The summed E-state index contributed by atoms with van der Waals surface area (Å²) in [6.07, 6.45) is -3.55. The SMILES string of the molecule is CC[C@@H]1OC(=O)[C@H](C)[C@@H](O[C@H]2C[C@@](C)(OC)[C@@H](OC(C)=O)[C@H](C)O2)[C@H](C)[C@@H](O[C@@H]2O[C@H](C)C[C@H](N(C)C)[C@H]2OC(=O)NNCc2cccc([N+](=O)[O-])c2)C(C)(O)C[C@@H](C)/C(=N\OCCCC2CCCCC2)[C@@H](C)[C@@H](O)[C@]1(C)O. The van der Waals surface area contributed by atoms with Crippen LogP contribution in [-0.4, -0.2) is 161 Å². The lowest BCUT2D eigenvalue weighted by Crippen LogP contribution is -2.62. The molecule has 4 fully saturated rings. The van der Waals surface area contributed by atoms with Gasteiger partial charge in [-0.1, -0.05) is 77.1 Å². The summed E-state index contributed by atoms with van der Waals surface area (Å²) >= 11 is 0. The van der Waals surface area contributed by atoms with Gasteiger partial charge in [0.2, 0.25) is 0 Å². The van der Waals surface area contributed by atoms with Crippen molar-refractivity contribution in [3.8, 4) is 0 Å². The van der Waals surface area contributed by atoms with Gasteiger partial charge in [-0.3, -0.25) is 25.1 Å². The van der Waals surface area contributed by atoms with Crippen molar-refractivity contribution in [1.82, 2.24) is 15.8 Å². The molecule has 1 aromatic rings. The average molecular weight is 1110 g/mol. The molecule has 22 heteroatoms. The second-order valence-electron chi connectivity index (χ2n) is 23.4. The Balaban J connectivity index is 1.59. The molecule has 5 rings (SSSR count). The number of rotatable bonds is 18. The number of nitrogens with zero attached hydrogens (tertiary/aromatic N) is 3. The lowest BCUT2D eigenvalue weighted by Gasteiger charge is -2.49. The van der Waals surface area contributed by atoms with Crippen LogP contribution in [0.5, 0.6) is 0 Å². The van der Waals surface area contributed by atoms with E-state index in [9.17, 15) is 39.8 Å². The van der Waals surface area contributed by atoms with Crippen molar-refractivity contribution in [3.63, 3.8) is 0 Å². The Morgan fingerprint density at radius 2 is 1.64 bits per heavy atom. The van der Waals surface area contributed by atoms with Crippen LogP contribution in [0.2, 0.25) is 0 Å². The number of ether oxygens (including phenoxy) is 8. The highest BCUT2D eigenvalue weighted by Gasteiger charge is 2.55. The maximum absolute atomic E-state index is 14.8. The number of nitro groups is 1. The predicted molar refractivity (Wildman–Crippen MR) is 287 cm³/mol. The Morgan fingerprint density at radius 3 is 2.27 bits per heavy atom. The number of nitro benzene ring substituents is 1. The average Bonchev–Trinajstić information content (AvgIpc) is 3.41. The molecule has 3 heterocycles. The summed E-state index contributed by atoms with van der Waals surface area (Å²) in [7, 11) is 5.14. The molecule has 1 saturated carbocycles. The number of esters is 2. The molecule has 18 atom stereocenters. The molecule has 1 amide bonds. The van der Waals surface area contributed by atoms with Gasteiger partial charge in [-0.25, -0.2) is 10.2 Å². The van der Waals surface area contributed by atoms with Gasteiger partial charge in [-0.05, 0) is 99.2 Å². The van der Waals surface area contributed by atoms with Crippen molar-refractivity contribution < 1.29 is 77.4 Å². The van der Waals surface area contributed by atoms with Gasteiger partial charge >= 0.3 is 18.0 Å². The van der Waals surface area contributed by atoms with E-state index in [1.807, 2.05) is 32.8 Å². The number of hydrogen-bond donors (Lipinski definition) is 5. The number of non-ortho nitro benzene ring substituents is 1. The van der Waals surface area contributed by atoms with Crippen molar-refractivity contribution in [2.45, 2.75) is 238 Å². The van der Waals surface area contributed by atoms with Gasteiger partial charge in [0, 0.05) is 56.9 Å². The number of hydrogen-bond acceptors (Lipinski definition) is 20. The molecule has 1 unspecified atom stereocenters. The Morgan fingerprint density at radius 1 is 0.949 bits per heavy atom. The third kappa shape index (κ3) is 16.7. The molecule has 3 aliphatic heterocycles. The van der Waals surface area contributed by atoms with E-state index in [0.29, 0.717) is 30.2 Å². The number of hydrazine groups is 1. The molecule has 22 nitrogen and oxygen atoms in total. The zero-order chi connectivity index (χ0) is 57.9. The lowest BCUT2D eigenvalue weighted by molar-refractivity contribution is -0.384. The number of cyclic esters (lactones) is 1. The van der Waals surface area contributed by atoms with E-state index < -0.39 is 131 Å². The van der Waals surface area contributed by atoms with Gasteiger partial charge < -0.3 is 63.0 Å². The summed E-state index contributed by atoms with van der Waals surface area (Å²) in [4.78, 5) is 59.7. The molecule has 3 saturated heterocycles. The smallest absolute Gasteiger partial charge is 0.422 e. The van der Waals surface area contributed by atoms with Gasteiger partial charge in [-0.15, -0.1) is 0 Å². The highest BCUT2D eigenvalue weighted by molar-refractivity contribution is 5.88. The van der Waals surface area contributed by atoms with E-state index in [1.54, 1.807) is 54.5 Å². The molecule has 0 aromatic heterocycles. The number of carbonyl (C=O) groups is 3. The van der Waals surface area contributed by atoms with Crippen molar-refractivity contribution in [3.05, 3.63) is 39.9 Å². The van der Waals surface area contributed by atoms with Gasteiger partial charge in [0.15, 0.2) is 24.8 Å². The van der Waals surface area contributed by atoms with E-state index >= 15 is 0 Å². The van der Waals surface area contributed by atoms with E-state index in [-0.39, 0.29) is 31.5 Å². The summed E-state index contributed by atoms with van der Waals surface area (Å²) in [5, 5.41) is 53.9. The zero-order valence-electron chi connectivity index (χ0n) is 48.6. The van der Waals surface area contributed by atoms with Crippen LogP contribution in [0.1, 0.15) is 152 Å². The van der Waals surface area contributed by atoms with Gasteiger partial charge in [-0.2, -0.15) is 0 Å². The van der Waals surface area contributed by atoms with Crippen LogP contribution >= 0.6 is 0 Å². The molecule has 0 radical (unpaired) electrons. The third-order valence-corrected chi connectivity index (χ3v) is 16.7. The second kappa shape index (κ2) is 28.5. The topological polar surface area (TPSA) is 278 Å². The van der Waals surface area contributed by atoms with Crippen molar-refractivity contribution in [2.75, 3.05) is 27.8 Å². The predicted octanol–water partition coefficient (Wildman–Crippen LogP) is 6.87. The van der Waals surface area contributed by atoms with Crippen LogP contribution in [-0.2, 0) is 58.9 Å². The molecule has 0 bridgehead atoms. The van der Waals surface area contributed by atoms with Crippen molar-refractivity contribution in [1.29, 1.82) is 0 Å². The number of amides is 1. The molecular weight excluding hydrogens is 1010 g/mol. The first-order valence-corrected chi connectivity index (χ1v) is 28.1. The molecule has 5 N–H and O–H groups in total. The first-order valence-electron chi connectivity index (χ1n) is 28.1. The number of benzene rings is 1. The van der Waals surface area contributed by atoms with Crippen LogP contribution in [0.25, 0.3) is 0 Å². The van der Waals surface area contributed by atoms with Crippen LogP contribution in [0.3, 0.4) is 0 Å². The fourth-order valence-electron chi connectivity index (χ4n) is 12.3. The summed E-state index contributed by atoms with van der Waals surface area (Å²) < 4.78 is 51.1. The first-order chi connectivity index (χ1) is 36.6. The van der Waals surface area contributed by atoms with Crippen LogP contribution in [0.15, 0.2) is 29.4 Å². The monoisotopic (exact) mass is 1110 g/mol.